The maximum Gasteiger partial charge on any atom is 0.254 e. The van der Waals surface area contributed by atoms with E-state index in [2.05, 4.69) is 0 Å². The summed E-state index contributed by atoms with van der Waals surface area (Å²) in [5.41, 5.74) is 0.618. The lowest BCUT2D eigenvalue weighted by Gasteiger charge is -2.30. The molecule has 0 aliphatic carbocycles. The second kappa shape index (κ2) is 6.06. The van der Waals surface area contributed by atoms with E-state index in [4.69, 9.17) is 4.74 Å². The van der Waals surface area contributed by atoms with Crippen molar-refractivity contribution in [1.82, 2.24) is 4.90 Å². The molecule has 1 heterocycles. The quantitative estimate of drug-likeness (QED) is 0.908. The van der Waals surface area contributed by atoms with Crippen LogP contribution < -0.4 is 4.74 Å². The topological polar surface area (TPSA) is 49.8 Å². The lowest BCUT2D eigenvalue weighted by Crippen LogP contribution is -2.42. The van der Waals surface area contributed by atoms with Gasteiger partial charge in [0.1, 0.15) is 5.75 Å². The van der Waals surface area contributed by atoms with Gasteiger partial charge in [-0.2, -0.15) is 0 Å². The summed E-state index contributed by atoms with van der Waals surface area (Å²) in [5.74, 6) is 0.673. The van der Waals surface area contributed by atoms with Gasteiger partial charge in [-0.1, -0.05) is 6.07 Å². The number of β-amino-alcohol motifs (C(OH)–C–C–N with tert-alkyl or cyclic N) is 1. The number of benzene rings is 1. The molecule has 0 radical (unpaired) electrons. The first-order valence-electron chi connectivity index (χ1n) is 6.80. The fraction of sp³-hybridized carbons (Fsp3) is 0.533. The van der Waals surface area contributed by atoms with Crippen molar-refractivity contribution in [3.05, 3.63) is 29.8 Å². The first-order valence-corrected chi connectivity index (χ1v) is 6.80. The van der Waals surface area contributed by atoms with Gasteiger partial charge >= 0.3 is 0 Å². The van der Waals surface area contributed by atoms with Gasteiger partial charge in [0.15, 0.2) is 0 Å². The number of hydrogen-bond donors (Lipinski definition) is 1. The Morgan fingerprint density at radius 2 is 2.26 bits per heavy atom. The molecule has 1 aromatic rings. The van der Waals surface area contributed by atoms with Crippen LogP contribution in [0.4, 0.5) is 0 Å². The van der Waals surface area contributed by atoms with Gasteiger partial charge in [0.05, 0.1) is 12.2 Å². The first kappa shape index (κ1) is 13.9. The molecule has 2 rings (SSSR count). The molecule has 0 bridgehead atoms. The van der Waals surface area contributed by atoms with Crippen LogP contribution in [-0.4, -0.2) is 41.2 Å². The number of likely N-dealkylation sites (tertiary alicyclic amines) is 1. The fourth-order valence-corrected chi connectivity index (χ4v) is 2.30. The number of carbonyl (C=O) groups is 1. The van der Waals surface area contributed by atoms with Gasteiger partial charge in [-0.15, -0.1) is 0 Å². The minimum Gasteiger partial charge on any atom is -0.491 e. The van der Waals surface area contributed by atoms with E-state index in [-0.39, 0.29) is 12.0 Å². The van der Waals surface area contributed by atoms with E-state index >= 15 is 0 Å². The van der Waals surface area contributed by atoms with Crippen LogP contribution >= 0.6 is 0 Å². The Balaban J connectivity index is 2.10. The van der Waals surface area contributed by atoms with Crippen molar-refractivity contribution in [3.8, 4) is 5.75 Å². The molecule has 1 aliphatic rings. The van der Waals surface area contributed by atoms with Crippen LogP contribution in [0.2, 0.25) is 0 Å². The molecule has 104 valence electrons. The Morgan fingerprint density at radius 3 is 2.95 bits per heavy atom. The third-order valence-electron chi connectivity index (χ3n) is 3.14. The van der Waals surface area contributed by atoms with Gasteiger partial charge < -0.3 is 14.7 Å². The summed E-state index contributed by atoms with van der Waals surface area (Å²) in [6, 6.07) is 7.23. The highest BCUT2D eigenvalue weighted by atomic mass is 16.5. The smallest absolute Gasteiger partial charge is 0.254 e. The first-order chi connectivity index (χ1) is 9.06. The van der Waals surface area contributed by atoms with Gasteiger partial charge in [0, 0.05) is 18.7 Å². The molecule has 1 saturated heterocycles. The van der Waals surface area contributed by atoms with E-state index < -0.39 is 6.10 Å². The molecule has 1 unspecified atom stereocenters. The molecule has 1 fully saturated rings. The highest BCUT2D eigenvalue weighted by molar-refractivity contribution is 5.94. The monoisotopic (exact) mass is 263 g/mol. The van der Waals surface area contributed by atoms with Gasteiger partial charge in [0.2, 0.25) is 0 Å². The number of carbonyl (C=O) groups excluding carboxylic acids is 1. The van der Waals surface area contributed by atoms with Gasteiger partial charge in [-0.05, 0) is 44.9 Å². The molecular weight excluding hydrogens is 242 g/mol. The number of hydrogen-bond acceptors (Lipinski definition) is 3. The SMILES string of the molecule is CC(C)Oc1cccc(C(=O)N2CCCC(O)C2)c1. The molecule has 1 aromatic carbocycles. The zero-order chi connectivity index (χ0) is 13.8. The minimum absolute atomic E-state index is 0.0343. The molecule has 0 aromatic heterocycles. The molecule has 1 atom stereocenters. The lowest BCUT2D eigenvalue weighted by molar-refractivity contribution is 0.0473. The van der Waals surface area contributed by atoms with Crippen molar-refractivity contribution < 1.29 is 14.6 Å². The number of ether oxygens (including phenoxy) is 1. The molecule has 1 aliphatic heterocycles. The van der Waals surface area contributed by atoms with Crippen molar-refractivity contribution >= 4 is 5.91 Å². The van der Waals surface area contributed by atoms with Crippen molar-refractivity contribution in [2.75, 3.05) is 13.1 Å². The Kier molecular flexibility index (Phi) is 4.43. The number of amides is 1. The maximum atomic E-state index is 12.3. The molecular formula is C15H21NO3. The predicted molar refractivity (Wildman–Crippen MR) is 73.4 cm³/mol. The largest absolute Gasteiger partial charge is 0.491 e. The summed E-state index contributed by atoms with van der Waals surface area (Å²) in [6.07, 6.45) is 1.32. The second-order valence-corrected chi connectivity index (χ2v) is 5.24. The van der Waals surface area contributed by atoms with Crippen LogP contribution in [0.1, 0.15) is 37.0 Å². The maximum absolute atomic E-state index is 12.3. The number of aliphatic hydroxyl groups excluding tert-OH is 1. The van der Waals surface area contributed by atoms with E-state index in [1.54, 1.807) is 17.0 Å². The Labute approximate surface area is 114 Å². The van der Waals surface area contributed by atoms with Gasteiger partial charge in [-0.25, -0.2) is 0 Å². The highest BCUT2D eigenvalue weighted by Crippen LogP contribution is 2.18. The molecule has 0 spiro atoms. The molecule has 1 N–H and O–H groups in total. The molecule has 4 nitrogen and oxygen atoms in total. The van der Waals surface area contributed by atoms with Crippen molar-refractivity contribution in [2.45, 2.75) is 38.9 Å². The van der Waals surface area contributed by atoms with Crippen LogP contribution in [0.3, 0.4) is 0 Å². The molecule has 4 heteroatoms. The van der Waals surface area contributed by atoms with Crippen LogP contribution in [0, 0.1) is 0 Å². The van der Waals surface area contributed by atoms with Gasteiger partial charge in [0.25, 0.3) is 5.91 Å². The van der Waals surface area contributed by atoms with Crippen LogP contribution in [0.25, 0.3) is 0 Å². The lowest BCUT2D eigenvalue weighted by atomic mass is 10.1. The van der Waals surface area contributed by atoms with E-state index in [9.17, 15) is 9.90 Å². The number of rotatable bonds is 3. The third kappa shape index (κ3) is 3.70. The van der Waals surface area contributed by atoms with Crippen molar-refractivity contribution in [1.29, 1.82) is 0 Å². The summed E-state index contributed by atoms with van der Waals surface area (Å²) >= 11 is 0. The Morgan fingerprint density at radius 1 is 1.47 bits per heavy atom. The summed E-state index contributed by atoms with van der Waals surface area (Å²) in [6.45, 7) is 5.05. The second-order valence-electron chi connectivity index (χ2n) is 5.24. The summed E-state index contributed by atoms with van der Waals surface area (Å²) in [7, 11) is 0. The summed E-state index contributed by atoms with van der Waals surface area (Å²) in [4.78, 5) is 14.1. The van der Waals surface area contributed by atoms with Crippen molar-refractivity contribution in [3.63, 3.8) is 0 Å². The van der Waals surface area contributed by atoms with Crippen LogP contribution in [0.5, 0.6) is 5.75 Å². The van der Waals surface area contributed by atoms with Crippen LogP contribution in [0.15, 0.2) is 24.3 Å². The predicted octanol–water partition coefficient (Wildman–Crippen LogP) is 2.07. The highest BCUT2D eigenvalue weighted by Gasteiger charge is 2.23. The normalized spacial score (nSPS) is 19.6. The van der Waals surface area contributed by atoms with E-state index in [1.165, 1.54) is 0 Å². The molecule has 0 saturated carbocycles. The third-order valence-corrected chi connectivity index (χ3v) is 3.14. The Bertz CT molecular complexity index is 445. The molecule has 19 heavy (non-hydrogen) atoms. The Hall–Kier alpha value is -1.55. The number of piperidine rings is 1. The average Bonchev–Trinajstić information content (AvgIpc) is 2.37. The van der Waals surface area contributed by atoms with Gasteiger partial charge in [-0.3, -0.25) is 4.79 Å². The number of aliphatic hydroxyl groups is 1. The summed E-state index contributed by atoms with van der Waals surface area (Å²) < 4.78 is 5.59. The zero-order valence-corrected chi connectivity index (χ0v) is 11.5. The molecule has 1 amide bonds. The van der Waals surface area contributed by atoms with Crippen LogP contribution in [-0.2, 0) is 0 Å². The fourth-order valence-electron chi connectivity index (χ4n) is 2.30. The van der Waals surface area contributed by atoms with Crippen molar-refractivity contribution in [2.24, 2.45) is 0 Å². The van der Waals surface area contributed by atoms with E-state index in [1.807, 2.05) is 26.0 Å². The zero-order valence-electron chi connectivity index (χ0n) is 11.5. The van der Waals surface area contributed by atoms with E-state index in [0.717, 1.165) is 12.8 Å². The van der Waals surface area contributed by atoms with E-state index in [0.29, 0.717) is 24.4 Å². The number of nitrogens with zero attached hydrogens (tertiary/aromatic N) is 1. The summed E-state index contributed by atoms with van der Waals surface area (Å²) in [5, 5.41) is 9.63. The minimum atomic E-state index is -0.396. The standard InChI is InChI=1S/C15H21NO3/c1-11(2)19-14-7-3-5-12(9-14)15(18)16-8-4-6-13(17)10-16/h3,5,7,9,11,13,17H,4,6,8,10H2,1-2H3. The average molecular weight is 263 g/mol.